The molecule has 5 nitrogen and oxygen atoms in total. The molecule has 1 aromatic rings. The first kappa shape index (κ1) is 14.5. The first-order chi connectivity index (χ1) is 7.95. The Morgan fingerprint density at radius 1 is 1.59 bits per heavy atom. The average molecular weight is 280 g/mol. The fourth-order valence-corrected chi connectivity index (χ4v) is 2.49. The maximum Gasteiger partial charge on any atom is 0.259 e. The Kier molecular flexibility index (Phi) is 5.42. The van der Waals surface area contributed by atoms with Crippen molar-refractivity contribution in [1.29, 1.82) is 0 Å². The van der Waals surface area contributed by atoms with E-state index >= 15 is 0 Å². The van der Waals surface area contributed by atoms with E-state index in [1.165, 1.54) is 12.5 Å². The smallest absolute Gasteiger partial charge is 0.259 e. The lowest BCUT2D eigenvalue weighted by Crippen LogP contribution is -2.25. The van der Waals surface area contributed by atoms with Crippen LogP contribution in [0.25, 0.3) is 0 Å². The van der Waals surface area contributed by atoms with Crippen LogP contribution in [0, 0.1) is 0 Å². The molecule has 0 aliphatic heterocycles. The van der Waals surface area contributed by atoms with Gasteiger partial charge in [-0.05, 0) is 26.7 Å². The molecule has 1 rings (SSSR count). The van der Waals surface area contributed by atoms with Crippen molar-refractivity contribution in [2.24, 2.45) is 0 Å². The summed E-state index contributed by atoms with van der Waals surface area (Å²) in [4.78, 5) is 3.86. The molecular weight excluding hydrogens is 262 g/mol. The number of hydrogen-bond acceptors (Lipinski definition) is 3. The van der Waals surface area contributed by atoms with Crippen LogP contribution >= 0.6 is 11.6 Å². The van der Waals surface area contributed by atoms with Crippen molar-refractivity contribution in [3.05, 3.63) is 12.5 Å². The normalized spacial score (nSPS) is 13.8. The molecule has 7 heteroatoms. The summed E-state index contributed by atoms with van der Waals surface area (Å²) in [6, 6.07) is 0. The zero-order valence-corrected chi connectivity index (χ0v) is 11.6. The molecule has 1 N–H and O–H groups in total. The molecule has 1 atom stereocenters. The minimum absolute atomic E-state index is 0.0678. The first-order valence-electron chi connectivity index (χ1n) is 5.61. The van der Waals surface area contributed by atoms with Crippen LogP contribution in [0.1, 0.15) is 26.7 Å². The van der Waals surface area contributed by atoms with E-state index in [1.807, 2.05) is 13.8 Å². The van der Waals surface area contributed by atoms with Crippen LogP contribution in [-0.2, 0) is 16.6 Å². The van der Waals surface area contributed by atoms with Gasteiger partial charge in [0.25, 0.3) is 10.0 Å². The molecule has 0 amide bonds. The Morgan fingerprint density at radius 2 is 2.29 bits per heavy atom. The fraction of sp³-hybridized carbons (Fsp3) is 0.700. The molecule has 0 saturated carbocycles. The number of hydrogen-bond donors (Lipinski definition) is 1. The Hall–Kier alpha value is -0.590. The largest absolute Gasteiger partial charge is 0.336 e. The topological polar surface area (TPSA) is 64.0 Å². The third kappa shape index (κ3) is 4.65. The van der Waals surface area contributed by atoms with Crippen molar-refractivity contribution in [2.45, 2.75) is 43.6 Å². The number of nitrogens with zero attached hydrogens (tertiary/aromatic N) is 2. The van der Waals surface area contributed by atoms with E-state index in [0.29, 0.717) is 13.1 Å². The Bertz CT molecular complexity index is 442. The molecule has 0 aliphatic carbocycles. The Labute approximate surface area is 107 Å². The van der Waals surface area contributed by atoms with Gasteiger partial charge in [-0.15, -0.1) is 11.6 Å². The summed E-state index contributed by atoms with van der Waals surface area (Å²) in [6.45, 7) is 4.90. The van der Waals surface area contributed by atoms with Gasteiger partial charge in [0.15, 0.2) is 5.03 Å². The van der Waals surface area contributed by atoms with E-state index < -0.39 is 10.0 Å². The molecule has 0 spiro atoms. The van der Waals surface area contributed by atoms with E-state index in [0.717, 1.165) is 12.8 Å². The number of imidazole rings is 1. The summed E-state index contributed by atoms with van der Waals surface area (Å²) in [5.74, 6) is 0. The zero-order chi connectivity index (χ0) is 12.9. The minimum atomic E-state index is -3.47. The highest BCUT2D eigenvalue weighted by molar-refractivity contribution is 7.89. The van der Waals surface area contributed by atoms with Crippen LogP contribution in [0.5, 0.6) is 0 Å². The highest BCUT2D eigenvalue weighted by atomic mass is 35.5. The molecule has 0 fully saturated rings. The summed E-state index contributed by atoms with van der Waals surface area (Å²) < 4.78 is 27.8. The van der Waals surface area contributed by atoms with Gasteiger partial charge < -0.3 is 4.57 Å². The second kappa shape index (κ2) is 6.37. The van der Waals surface area contributed by atoms with Crippen LogP contribution in [-0.4, -0.2) is 29.9 Å². The van der Waals surface area contributed by atoms with E-state index in [1.54, 1.807) is 4.57 Å². The second-order valence-corrected chi connectivity index (χ2v) is 6.32. The van der Waals surface area contributed by atoms with Crippen LogP contribution in [0.4, 0.5) is 0 Å². The molecule has 1 heterocycles. The van der Waals surface area contributed by atoms with Gasteiger partial charge >= 0.3 is 0 Å². The zero-order valence-electron chi connectivity index (χ0n) is 10.1. The third-order valence-corrected chi connectivity index (χ3v) is 3.88. The molecule has 98 valence electrons. The van der Waals surface area contributed by atoms with Crippen LogP contribution < -0.4 is 4.72 Å². The van der Waals surface area contributed by atoms with E-state index in [-0.39, 0.29) is 10.4 Å². The van der Waals surface area contributed by atoms with Crippen molar-refractivity contribution in [1.82, 2.24) is 14.3 Å². The number of aromatic nitrogens is 2. The molecule has 0 radical (unpaired) electrons. The number of alkyl halides is 1. The van der Waals surface area contributed by atoms with Crippen molar-refractivity contribution in [3.8, 4) is 0 Å². The fourth-order valence-electron chi connectivity index (χ4n) is 1.32. The molecule has 1 aromatic heterocycles. The maximum atomic E-state index is 11.8. The average Bonchev–Trinajstić information content (AvgIpc) is 2.73. The number of halogens is 1. The van der Waals surface area contributed by atoms with Gasteiger partial charge in [0.05, 0.1) is 6.33 Å². The van der Waals surface area contributed by atoms with Crippen LogP contribution in [0.15, 0.2) is 17.6 Å². The number of nitrogens with one attached hydrogen (secondary N) is 1. The van der Waals surface area contributed by atoms with Crippen LogP contribution in [0.3, 0.4) is 0 Å². The van der Waals surface area contributed by atoms with E-state index in [2.05, 4.69) is 9.71 Å². The molecule has 1 unspecified atom stereocenters. The van der Waals surface area contributed by atoms with Crippen LogP contribution in [0.2, 0.25) is 0 Å². The lowest BCUT2D eigenvalue weighted by molar-refractivity contribution is 0.573. The number of aryl methyl sites for hydroxylation is 1. The minimum Gasteiger partial charge on any atom is -0.336 e. The molecule has 0 bridgehead atoms. The van der Waals surface area contributed by atoms with Gasteiger partial charge in [-0.25, -0.2) is 18.1 Å². The maximum absolute atomic E-state index is 11.8. The summed E-state index contributed by atoms with van der Waals surface area (Å²) in [7, 11) is -3.47. The van der Waals surface area contributed by atoms with Gasteiger partial charge in [-0.2, -0.15) is 0 Å². The lowest BCUT2D eigenvalue weighted by Gasteiger charge is -2.05. The first-order valence-corrected chi connectivity index (χ1v) is 7.53. The number of rotatable bonds is 7. The predicted molar refractivity (Wildman–Crippen MR) is 67.6 cm³/mol. The Balaban J connectivity index is 2.51. The SMILES string of the molecule is CCn1cnc(S(=O)(=O)NCCCC(C)Cl)c1. The molecule has 17 heavy (non-hydrogen) atoms. The standard InChI is InChI=1S/C10H18ClN3O2S/c1-3-14-7-10(12-8-14)17(15,16)13-6-4-5-9(2)11/h7-9,13H,3-6H2,1-2H3. The van der Waals surface area contributed by atoms with Gasteiger partial charge in [0.2, 0.25) is 0 Å². The van der Waals surface area contributed by atoms with Crippen molar-refractivity contribution >= 4 is 21.6 Å². The van der Waals surface area contributed by atoms with Gasteiger partial charge in [0.1, 0.15) is 0 Å². The number of sulfonamides is 1. The van der Waals surface area contributed by atoms with Gasteiger partial charge in [-0.1, -0.05) is 0 Å². The van der Waals surface area contributed by atoms with Gasteiger partial charge in [0, 0.05) is 24.7 Å². The van der Waals surface area contributed by atoms with Crippen molar-refractivity contribution < 1.29 is 8.42 Å². The van der Waals surface area contributed by atoms with E-state index in [9.17, 15) is 8.42 Å². The molecule has 0 saturated heterocycles. The van der Waals surface area contributed by atoms with Crippen molar-refractivity contribution in [2.75, 3.05) is 6.54 Å². The predicted octanol–water partition coefficient (Wildman–Crippen LogP) is 1.59. The summed E-state index contributed by atoms with van der Waals surface area (Å²) >= 11 is 5.77. The third-order valence-electron chi connectivity index (χ3n) is 2.32. The lowest BCUT2D eigenvalue weighted by atomic mass is 10.2. The highest BCUT2D eigenvalue weighted by Crippen LogP contribution is 2.06. The molecular formula is C10H18ClN3O2S. The van der Waals surface area contributed by atoms with Gasteiger partial charge in [-0.3, -0.25) is 0 Å². The molecule has 0 aliphatic rings. The monoisotopic (exact) mass is 279 g/mol. The summed E-state index contributed by atoms with van der Waals surface area (Å²) in [5, 5.41) is 0.136. The van der Waals surface area contributed by atoms with Crippen molar-refractivity contribution in [3.63, 3.8) is 0 Å². The quantitative estimate of drug-likeness (QED) is 0.609. The molecule has 0 aromatic carbocycles. The summed E-state index contributed by atoms with van der Waals surface area (Å²) in [5.41, 5.74) is 0. The second-order valence-electron chi connectivity index (χ2n) is 3.86. The Morgan fingerprint density at radius 3 is 2.82 bits per heavy atom. The van der Waals surface area contributed by atoms with E-state index in [4.69, 9.17) is 11.6 Å². The highest BCUT2D eigenvalue weighted by Gasteiger charge is 2.16. The summed E-state index contributed by atoms with van der Waals surface area (Å²) in [6.07, 6.45) is 4.54.